The molecule has 0 aliphatic heterocycles. The monoisotopic (exact) mass is 559 g/mol. The average Bonchev–Trinajstić information content (AvgIpc) is 3.69. The molecular weight excluding hydrogens is 537 g/mol. The van der Waals surface area contributed by atoms with Crippen LogP contribution in [0.5, 0.6) is 5.75 Å². The Hall–Kier alpha value is -3.85. The number of halogens is 2. The van der Waals surface area contributed by atoms with E-state index >= 15 is 0 Å². The first-order chi connectivity index (χ1) is 17.9. The molecule has 1 aliphatic rings. The number of rotatable bonds is 6. The van der Waals surface area contributed by atoms with Crippen LogP contribution in [0.3, 0.4) is 0 Å². The Kier molecular flexibility index (Phi) is 5.87. The molecule has 1 fully saturated rings. The van der Waals surface area contributed by atoms with E-state index in [1.807, 2.05) is 42.1 Å². The topological polar surface area (TPSA) is 73.1 Å². The molecule has 0 bridgehead atoms. The molecule has 0 atom stereocenters. The van der Waals surface area contributed by atoms with Crippen molar-refractivity contribution in [3.63, 3.8) is 0 Å². The fourth-order valence-electron chi connectivity index (χ4n) is 4.67. The third-order valence-electron chi connectivity index (χ3n) is 6.74. The third kappa shape index (κ3) is 4.33. The molecule has 3 aromatic heterocycles. The molecule has 1 aliphatic carbocycles. The number of benzene rings is 2. The van der Waals surface area contributed by atoms with Crippen LogP contribution in [0.4, 0.5) is 10.1 Å². The van der Waals surface area contributed by atoms with E-state index in [0.29, 0.717) is 21.8 Å². The van der Waals surface area contributed by atoms with Gasteiger partial charge in [0.05, 0.1) is 47.5 Å². The lowest BCUT2D eigenvalue weighted by Gasteiger charge is -2.25. The van der Waals surface area contributed by atoms with E-state index in [1.54, 1.807) is 23.4 Å². The maximum atomic E-state index is 14.0. The van der Waals surface area contributed by atoms with E-state index < -0.39 is 5.82 Å². The molecule has 0 saturated heterocycles. The fourth-order valence-corrected chi connectivity index (χ4v) is 5.16. The molecule has 186 valence electrons. The van der Waals surface area contributed by atoms with Crippen molar-refractivity contribution in [3.8, 4) is 5.75 Å². The van der Waals surface area contributed by atoms with Crippen molar-refractivity contribution in [2.75, 3.05) is 12.0 Å². The number of aromatic nitrogens is 4. The molecule has 3 heterocycles. The quantitative estimate of drug-likeness (QED) is 0.233. The zero-order valence-electron chi connectivity index (χ0n) is 20.3. The molecule has 0 spiro atoms. The second-order valence-electron chi connectivity index (χ2n) is 9.24. The highest BCUT2D eigenvalue weighted by Crippen LogP contribution is 2.39. The summed E-state index contributed by atoms with van der Waals surface area (Å²) in [7, 11) is 3.36. The number of carbonyl (C=O) groups excluding carboxylic acids is 1. The van der Waals surface area contributed by atoms with Gasteiger partial charge in [0.2, 0.25) is 0 Å². The lowest BCUT2D eigenvalue weighted by molar-refractivity contribution is 0.0984. The number of pyridine rings is 2. The summed E-state index contributed by atoms with van der Waals surface area (Å²) < 4.78 is 22.0. The van der Waals surface area contributed by atoms with Crippen molar-refractivity contribution in [1.29, 1.82) is 0 Å². The molecule has 9 heteroatoms. The smallest absolute Gasteiger partial charge is 0.260 e. The molecule has 0 N–H and O–H groups in total. The van der Waals surface area contributed by atoms with E-state index in [0.717, 1.165) is 45.9 Å². The van der Waals surface area contributed by atoms with Crippen molar-refractivity contribution >= 4 is 49.3 Å². The Morgan fingerprint density at radius 1 is 1.14 bits per heavy atom. The molecule has 7 nitrogen and oxygen atoms in total. The number of nitrogens with zero attached hydrogens (tertiary/aromatic N) is 5. The third-order valence-corrected chi connectivity index (χ3v) is 7.35. The van der Waals surface area contributed by atoms with E-state index in [2.05, 4.69) is 26.0 Å². The molecule has 1 saturated carbocycles. The van der Waals surface area contributed by atoms with Gasteiger partial charge in [0.1, 0.15) is 16.2 Å². The highest BCUT2D eigenvalue weighted by atomic mass is 79.9. The van der Waals surface area contributed by atoms with Crippen LogP contribution in [0.25, 0.3) is 21.8 Å². The Labute approximate surface area is 221 Å². The number of fused-ring (bicyclic) bond motifs is 3. The summed E-state index contributed by atoms with van der Waals surface area (Å²) in [5.41, 5.74) is 4.53. The van der Waals surface area contributed by atoms with Crippen LogP contribution < -0.4 is 9.64 Å². The number of carbonyl (C=O) groups is 1. The van der Waals surface area contributed by atoms with Gasteiger partial charge in [-0.25, -0.2) is 9.37 Å². The summed E-state index contributed by atoms with van der Waals surface area (Å²) >= 11 is 3.56. The van der Waals surface area contributed by atoms with Crippen LogP contribution >= 0.6 is 15.9 Å². The minimum atomic E-state index is -0.441. The van der Waals surface area contributed by atoms with Gasteiger partial charge in [0, 0.05) is 36.3 Å². The number of hydrogen-bond donors (Lipinski definition) is 0. The second-order valence-corrected chi connectivity index (χ2v) is 9.99. The molecule has 5 aromatic rings. The summed E-state index contributed by atoms with van der Waals surface area (Å²) in [6, 6.07) is 13.8. The van der Waals surface area contributed by atoms with Crippen LogP contribution in [-0.2, 0) is 13.6 Å². The predicted molar refractivity (Wildman–Crippen MR) is 143 cm³/mol. The first-order valence-corrected chi connectivity index (χ1v) is 12.7. The van der Waals surface area contributed by atoms with Gasteiger partial charge in [0.15, 0.2) is 0 Å². The van der Waals surface area contributed by atoms with E-state index in [4.69, 9.17) is 9.72 Å². The maximum absolute atomic E-state index is 14.0. The van der Waals surface area contributed by atoms with Crippen molar-refractivity contribution in [2.45, 2.75) is 25.3 Å². The first kappa shape index (κ1) is 23.5. The van der Waals surface area contributed by atoms with E-state index in [-0.39, 0.29) is 18.2 Å². The first-order valence-electron chi connectivity index (χ1n) is 11.9. The van der Waals surface area contributed by atoms with E-state index in [1.165, 1.54) is 19.2 Å². The Morgan fingerprint density at radius 2 is 1.97 bits per heavy atom. The lowest BCUT2D eigenvalue weighted by Crippen LogP contribution is -2.31. The fraction of sp³-hybridized carbons (Fsp3) is 0.214. The van der Waals surface area contributed by atoms with Gasteiger partial charge >= 0.3 is 0 Å². The predicted octanol–water partition coefficient (Wildman–Crippen LogP) is 6.15. The number of anilines is 1. The molecule has 2 aromatic carbocycles. The van der Waals surface area contributed by atoms with Crippen molar-refractivity contribution in [1.82, 2.24) is 19.7 Å². The summed E-state index contributed by atoms with van der Waals surface area (Å²) in [6.45, 7) is 0.226. The lowest BCUT2D eigenvalue weighted by atomic mass is 10.1. The standard InChI is InChI=1S/C28H23BrFN5O2/c1-34-26-20-8-3-16(11-23(20)33-27(29)21(26)14-32-34)15-35(24-10-7-19(30)12-25(24)37-2)28(36)18-6-9-22(31-13-18)17-4-5-17/h3,6-14,17H,4-5,15H2,1-2H3. The van der Waals surface area contributed by atoms with Crippen LogP contribution in [0, 0.1) is 5.82 Å². The van der Waals surface area contributed by atoms with Gasteiger partial charge in [0.25, 0.3) is 5.91 Å². The van der Waals surface area contributed by atoms with Gasteiger partial charge in [-0.2, -0.15) is 5.10 Å². The SMILES string of the molecule is COc1cc(F)ccc1N(Cc1ccc2c(c1)nc(Br)c1cnn(C)c12)C(=O)c1ccc(C2CC2)nc1. The number of amides is 1. The second kappa shape index (κ2) is 9.23. The normalized spacial score (nSPS) is 13.3. The summed E-state index contributed by atoms with van der Waals surface area (Å²) in [6.07, 6.45) is 5.67. The molecular formula is C28H23BrFN5O2. The Bertz CT molecular complexity index is 1660. The Morgan fingerprint density at radius 3 is 2.70 bits per heavy atom. The van der Waals surface area contributed by atoms with E-state index in [9.17, 15) is 9.18 Å². The van der Waals surface area contributed by atoms with Gasteiger partial charge in [-0.1, -0.05) is 12.1 Å². The minimum Gasteiger partial charge on any atom is -0.494 e. The number of ether oxygens (including phenoxy) is 1. The molecule has 37 heavy (non-hydrogen) atoms. The van der Waals surface area contributed by atoms with Crippen LogP contribution in [0.15, 0.2) is 65.5 Å². The molecule has 6 rings (SSSR count). The average molecular weight is 560 g/mol. The zero-order chi connectivity index (χ0) is 25.7. The number of hydrogen-bond acceptors (Lipinski definition) is 5. The minimum absolute atomic E-state index is 0.226. The molecule has 0 radical (unpaired) electrons. The highest BCUT2D eigenvalue weighted by molar-refractivity contribution is 9.10. The zero-order valence-corrected chi connectivity index (χ0v) is 21.9. The van der Waals surface area contributed by atoms with Gasteiger partial charge in [-0.15, -0.1) is 0 Å². The number of methoxy groups -OCH3 is 1. The van der Waals surface area contributed by atoms with Crippen molar-refractivity contribution < 1.29 is 13.9 Å². The Balaban J connectivity index is 1.42. The van der Waals surface area contributed by atoms with Gasteiger partial charge in [-0.3, -0.25) is 14.5 Å². The maximum Gasteiger partial charge on any atom is 0.260 e. The summed E-state index contributed by atoms with van der Waals surface area (Å²) in [5, 5.41) is 6.25. The van der Waals surface area contributed by atoms with Crippen LogP contribution in [0.2, 0.25) is 0 Å². The molecule has 0 unspecified atom stereocenters. The van der Waals surface area contributed by atoms with Gasteiger partial charge < -0.3 is 9.64 Å². The van der Waals surface area contributed by atoms with Crippen molar-refractivity contribution in [2.24, 2.45) is 7.05 Å². The number of aryl methyl sites for hydroxylation is 1. The summed E-state index contributed by atoms with van der Waals surface area (Å²) in [5.74, 6) is 0.0707. The van der Waals surface area contributed by atoms with Gasteiger partial charge in [-0.05, 0) is 64.7 Å². The van der Waals surface area contributed by atoms with Crippen molar-refractivity contribution in [3.05, 3.63) is 88.2 Å². The van der Waals surface area contributed by atoms with Crippen LogP contribution in [-0.4, -0.2) is 32.8 Å². The summed E-state index contributed by atoms with van der Waals surface area (Å²) in [4.78, 5) is 24.6. The van der Waals surface area contributed by atoms with Crippen LogP contribution in [0.1, 0.15) is 40.4 Å². The highest BCUT2D eigenvalue weighted by Gasteiger charge is 2.26. The molecule has 1 amide bonds. The largest absolute Gasteiger partial charge is 0.494 e.